The minimum Gasteiger partial charge on any atom is -0.481 e. The Labute approximate surface area is 131 Å². The van der Waals surface area contributed by atoms with Gasteiger partial charge in [-0.15, -0.1) is 0 Å². The molecule has 2 unspecified atom stereocenters. The van der Waals surface area contributed by atoms with Crippen LogP contribution in [0.5, 0.6) is 0 Å². The molecule has 0 heterocycles. The molecule has 6 nitrogen and oxygen atoms in total. The summed E-state index contributed by atoms with van der Waals surface area (Å²) in [4.78, 5) is 30.6. The van der Waals surface area contributed by atoms with Gasteiger partial charge in [-0.2, -0.15) is 0 Å². The van der Waals surface area contributed by atoms with E-state index in [1.807, 2.05) is 6.92 Å². The Morgan fingerprint density at radius 2 is 1.74 bits per heavy atom. The maximum Gasteiger partial charge on any atom is 0.320 e. The minimum absolute atomic E-state index is 0.0231. The van der Waals surface area contributed by atoms with Gasteiger partial charge in [-0.3, -0.25) is 9.59 Å². The molecule has 0 rings (SSSR count). The number of carbonyl (C=O) groups is 3. The van der Waals surface area contributed by atoms with Crippen molar-refractivity contribution in [2.24, 2.45) is 11.7 Å². The van der Waals surface area contributed by atoms with Crippen LogP contribution in [0.3, 0.4) is 0 Å². The van der Waals surface area contributed by atoms with Crippen LogP contribution >= 0.6 is 0 Å². The van der Waals surface area contributed by atoms with Crippen molar-refractivity contribution in [3.63, 3.8) is 0 Å². The fraction of sp³-hybridized carbons (Fsp3) is 0.750. The average molecular weight is 283 g/mol. The van der Waals surface area contributed by atoms with Crippen LogP contribution in [0.4, 0.5) is 0 Å². The summed E-state index contributed by atoms with van der Waals surface area (Å²) in [5, 5.41) is 16.3. The van der Waals surface area contributed by atoms with Crippen LogP contribution in [0.15, 0.2) is 0 Å². The standard InChI is InChI=1S/C7H13O.C5H9NO4.Na/c1-3-4-5-7(2)6-8;6-3(5(9)10)1-2-4(7)8;/h7H,3-5H2,1-2H3;3H,1-2,6H2,(H,7,8)(H,9,10);. The van der Waals surface area contributed by atoms with E-state index in [0.29, 0.717) is 8.95 Å². The molecule has 0 amide bonds. The van der Waals surface area contributed by atoms with Crippen molar-refractivity contribution in [3.05, 3.63) is 0 Å². The van der Waals surface area contributed by atoms with Gasteiger partial charge in [0, 0.05) is 6.42 Å². The van der Waals surface area contributed by atoms with Gasteiger partial charge in [0.2, 0.25) is 0 Å². The van der Waals surface area contributed by atoms with E-state index in [1.54, 1.807) is 0 Å². The monoisotopic (exact) mass is 283 g/mol. The molecular formula is C12H22NNaO5. The first-order valence-electron chi connectivity index (χ1n) is 6.42. The van der Waals surface area contributed by atoms with E-state index >= 15 is 0 Å². The number of hydrogen-bond acceptors (Lipinski definition) is 4. The maximum absolute atomic E-state index is 10.7. The molecule has 0 saturated heterocycles. The Morgan fingerprint density at radius 3 is 2.05 bits per heavy atom. The number of aliphatic carboxylic acids is 2. The van der Waals surface area contributed by atoms with Gasteiger partial charge in [-0.05, 0) is 6.42 Å². The van der Waals surface area contributed by atoms with Crippen LogP contribution in [0, 0.1) is 5.92 Å². The first-order valence-corrected chi connectivity index (χ1v) is 7.42. The molecule has 0 saturated carbocycles. The summed E-state index contributed by atoms with van der Waals surface area (Å²) in [6.45, 7) is 4.19. The third-order valence-electron chi connectivity index (χ3n) is 2.67. The summed E-state index contributed by atoms with van der Waals surface area (Å²) >= 11 is 0.731. The molecule has 0 aromatic rings. The van der Waals surface area contributed by atoms with Gasteiger partial charge in [0.1, 0.15) is 6.04 Å². The predicted molar refractivity (Wildman–Crippen MR) is 71.9 cm³/mol. The van der Waals surface area contributed by atoms with Crippen LogP contribution in [0.25, 0.3) is 0 Å². The second kappa shape index (κ2) is 12.6. The number of unbranched alkanes of at least 4 members (excludes halogenated alkanes) is 1. The Balaban J connectivity index is 0. The zero-order valence-corrected chi connectivity index (χ0v) is 13.9. The second-order valence-corrected chi connectivity index (χ2v) is 5.52. The van der Waals surface area contributed by atoms with Crippen LogP contribution < -0.4 is 5.73 Å². The Bertz CT molecular complexity index is 296. The summed E-state index contributed by atoms with van der Waals surface area (Å²) in [5.41, 5.74) is 5.00. The Hall–Kier alpha value is -0.430. The SMILES string of the molecule is CCCCC(C)[C](=O)[Na].NC(CCC(=O)O)C(=O)O. The van der Waals surface area contributed by atoms with E-state index in [1.165, 1.54) is 12.8 Å². The van der Waals surface area contributed by atoms with Gasteiger partial charge in [0.15, 0.2) is 0 Å². The molecule has 0 aliphatic heterocycles. The number of rotatable bonds is 8. The summed E-state index contributed by atoms with van der Waals surface area (Å²) in [7, 11) is 0. The number of hydrogen-bond donors (Lipinski definition) is 3. The molecule has 0 aromatic heterocycles. The topological polar surface area (TPSA) is 118 Å². The fourth-order valence-corrected chi connectivity index (χ4v) is 1.40. The van der Waals surface area contributed by atoms with Crippen LogP contribution in [0.1, 0.15) is 46.0 Å². The quantitative estimate of drug-likeness (QED) is 0.566. The number of carboxylic acids is 2. The molecule has 0 aliphatic rings. The van der Waals surface area contributed by atoms with Crippen molar-refractivity contribution in [1.82, 2.24) is 0 Å². The van der Waals surface area contributed by atoms with Crippen molar-refractivity contribution >= 4 is 42.9 Å². The molecule has 4 N–H and O–H groups in total. The molecule has 7 heteroatoms. The first kappa shape index (κ1) is 20.9. The van der Waals surface area contributed by atoms with Gasteiger partial charge < -0.3 is 15.9 Å². The number of nitrogens with two attached hydrogens (primary N) is 1. The normalized spacial score (nSPS) is 12.9. The zero-order chi connectivity index (χ0) is 15.4. The Kier molecular flexibility index (Phi) is 13.8. The van der Waals surface area contributed by atoms with Crippen molar-refractivity contribution in [1.29, 1.82) is 0 Å². The van der Waals surface area contributed by atoms with E-state index in [2.05, 4.69) is 6.92 Å². The fourth-order valence-electron chi connectivity index (χ4n) is 1.12. The number of carboxylic acid groups (broad SMARTS) is 2. The first-order chi connectivity index (χ1) is 8.72. The molecule has 19 heavy (non-hydrogen) atoms. The van der Waals surface area contributed by atoms with Crippen LogP contribution in [-0.4, -0.2) is 59.2 Å². The van der Waals surface area contributed by atoms with Crippen molar-refractivity contribution in [3.8, 4) is 0 Å². The second-order valence-electron chi connectivity index (χ2n) is 4.53. The molecule has 0 aliphatic carbocycles. The van der Waals surface area contributed by atoms with Gasteiger partial charge in [-0.1, -0.05) is 0 Å². The summed E-state index contributed by atoms with van der Waals surface area (Å²) < 4.78 is 0.462. The molecule has 2 atom stereocenters. The van der Waals surface area contributed by atoms with Crippen molar-refractivity contribution in [2.75, 3.05) is 0 Å². The van der Waals surface area contributed by atoms with Crippen LogP contribution in [0.2, 0.25) is 0 Å². The number of carbonyl (C=O) groups excluding carboxylic acids is 1. The van der Waals surface area contributed by atoms with E-state index in [9.17, 15) is 14.4 Å². The molecule has 0 fully saturated rings. The maximum atomic E-state index is 10.7. The molecule has 0 radical (unpaired) electrons. The van der Waals surface area contributed by atoms with E-state index < -0.39 is 18.0 Å². The minimum atomic E-state index is -1.17. The molecular weight excluding hydrogens is 261 g/mol. The van der Waals surface area contributed by atoms with E-state index in [-0.39, 0.29) is 12.8 Å². The largest absolute Gasteiger partial charge is 0.481 e. The molecule has 106 valence electrons. The summed E-state index contributed by atoms with van der Waals surface area (Å²) in [5.74, 6) is -1.85. The predicted octanol–water partition coefficient (Wildman–Crippen LogP) is 0.771. The summed E-state index contributed by atoms with van der Waals surface area (Å²) in [6.07, 6.45) is 3.28. The van der Waals surface area contributed by atoms with Crippen LogP contribution in [-0.2, 0) is 14.4 Å². The van der Waals surface area contributed by atoms with Gasteiger partial charge in [-0.25, -0.2) is 0 Å². The molecule has 0 aromatic carbocycles. The molecule has 0 spiro atoms. The Morgan fingerprint density at radius 1 is 1.21 bits per heavy atom. The average Bonchev–Trinajstić information content (AvgIpc) is 2.33. The smallest absolute Gasteiger partial charge is 0.320 e. The third kappa shape index (κ3) is 15.5. The van der Waals surface area contributed by atoms with E-state index in [0.717, 1.165) is 34.4 Å². The van der Waals surface area contributed by atoms with Crippen molar-refractivity contribution in [2.45, 2.75) is 52.0 Å². The van der Waals surface area contributed by atoms with Gasteiger partial charge in [0.05, 0.1) is 0 Å². The van der Waals surface area contributed by atoms with Gasteiger partial charge >= 0.3 is 86.7 Å². The zero-order valence-electron chi connectivity index (χ0n) is 11.9. The third-order valence-corrected chi connectivity index (χ3v) is 3.66. The van der Waals surface area contributed by atoms with E-state index in [4.69, 9.17) is 15.9 Å². The van der Waals surface area contributed by atoms with Crippen molar-refractivity contribution < 1.29 is 24.6 Å². The summed E-state index contributed by atoms with van der Waals surface area (Å²) in [6, 6.07) is -1.06. The van der Waals surface area contributed by atoms with Gasteiger partial charge in [0.25, 0.3) is 0 Å². The molecule has 0 bridgehead atoms.